The minimum Gasteiger partial charge on any atom is -0.335 e. The maximum atomic E-state index is 12.4. The van der Waals surface area contributed by atoms with Gasteiger partial charge in [-0.25, -0.2) is 0 Å². The van der Waals surface area contributed by atoms with Crippen molar-refractivity contribution in [2.24, 2.45) is 7.05 Å². The lowest BCUT2D eigenvalue weighted by molar-refractivity contribution is 0.0651. The van der Waals surface area contributed by atoms with E-state index in [-0.39, 0.29) is 11.4 Å². The molecule has 1 aromatic heterocycles. The highest BCUT2D eigenvalue weighted by Crippen LogP contribution is 2.15. The zero-order valence-electron chi connectivity index (χ0n) is 10.9. The average molecular weight is 236 g/mol. The highest BCUT2D eigenvalue weighted by molar-refractivity contribution is 5.95. The molecule has 0 saturated carbocycles. The van der Waals surface area contributed by atoms with Crippen molar-refractivity contribution in [2.75, 3.05) is 19.6 Å². The van der Waals surface area contributed by atoms with E-state index in [1.54, 1.807) is 10.9 Å². The molecule has 2 rings (SSSR count). The van der Waals surface area contributed by atoms with Gasteiger partial charge in [-0.1, -0.05) is 0 Å². The van der Waals surface area contributed by atoms with E-state index in [4.69, 9.17) is 0 Å². The summed E-state index contributed by atoms with van der Waals surface area (Å²) in [7, 11) is 1.84. The van der Waals surface area contributed by atoms with Crippen LogP contribution in [0.3, 0.4) is 0 Å². The number of piperazine rings is 1. The van der Waals surface area contributed by atoms with E-state index in [2.05, 4.69) is 24.3 Å². The molecular weight excluding hydrogens is 216 g/mol. The second-order valence-corrected chi connectivity index (χ2v) is 5.34. The molecule has 1 fully saturated rings. The van der Waals surface area contributed by atoms with Crippen molar-refractivity contribution < 1.29 is 4.79 Å². The number of carbonyl (C=O) groups is 1. The number of aryl methyl sites for hydroxylation is 2. The Balaban J connectivity index is 2.18. The molecule has 94 valence electrons. The molecule has 0 spiro atoms. The Morgan fingerprint density at radius 1 is 1.53 bits per heavy atom. The maximum Gasteiger partial charge on any atom is 0.257 e. The SMILES string of the molecule is Cc1nn(C)cc1C(=O)N1CCNC(C)(C)C1. The van der Waals surface area contributed by atoms with Crippen molar-refractivity contribution in [3.8, 4) is 0 Å². The second-order valence-electron chi connectivity index (χ2n) is 5.34. The van der Waals surface area contributed by atoms with E-state index in [1.807, 2.05) is 18.9 Å². The fourth-order valence-electron chi connectivity index (χ4n) is 2.29. The summed E-state index contributed by atoms with van der Waals surface area (Å²) in [6, 6.07) is 0. The van der Waals surface area contributed by atoms with Crippen LogP contribution >= 0.6 is 0 Å². The summed E-state index contributed by atoms with van der Waals surface area (Å²) < 4.78 is 1.69. The predicted molar refractivity (Wildman–Crippen MR) is 65.9 cm³/mol. The lowest BCUT2D eigenvalue weighted by Crippen LogP contribution is -2.58. The van der Waals surface area contributed by atoms with Crippen LogP contribution in [-0.4, -0.2) is 45.8 Å². The highest BCUT2D eigenvalue weighted by atomic mass is 16.2. The van der Waals surface area contributed by atoms with Gasteiger partial charge in [0.2, 0.25) is 0 Å². The molecule has 0 aliphatic carbocycles. The summed E-state index contributed by atoms with van der Waals surface area (Å²) in [6.07, 6.45) is 1.80. The van der Waals surface area contributed by atoms with Crippen LogP contribution in [0.2, 0.25) is 0 Å². The summed E-state index contributed by atoms with van der Waals surface area (Å²) in [5, 5.41) is 7.62. The zero-order chi connectivity index (χ0) is 12.6. The molecule has 0 unspecified atom stereocenters. The average Bonchev–Trinajstić information content (AvgIpc) is 2.55. The number of rotatable bonds is 1. The van der Waals surface area contributed by atoms with Crippen molar-refractivity contribution in [1.82, 2.24) is 20.0 Å². The van der Waals surface area contributed by atoms with Gasteiger partial charge in [-0.3, -0.25) is 9.48 Å². The lowest BCUT2D eigenvalue weighted by atomic mass is 10.0. The quantitative estimate of drug-likeness (QED) is 0.775. The highest BCUT2D eigenvalue weighted by Gasteiger charge is 2.30. The summed E-state index contributed by atoms with van der Waals surface area (Å²) in [4.78, 5) is 14.3. The van der Waals surface area contributed by atoms with Gasteiger partial charge in [-0.05, 0) is 20.8 Å². The Bertz CT molecular complexity index is 436. The third kappa shape index (κ3) is 2.49. The minimum atomic E-state index is -0.00990. The van der Waals surface area contributed by atoms with E-state index in [1.165, 1.54) is 0 Å². The van der Waals surface area contributed by atoms with Crippen LogP contribution in [0.5, 0.6) is 0 Å². The van der Waals surface area contributed by atoms with E-state index in [9.17, 15) is 4.79 Å². The van der Waals surface area contributed by atoms with Gasteiger partial charge in [0.1, 0.15) is 0 Å². The van der Waals surface area contributed by atoms with Crippen LogP contribution in [0.4, 0.5) is 0 Å². The van der Waals surface area contributed by atoms with Gasteiger partial charge >= 0.3 is 0 Å². The standard InChI is InChI=1S/C12H20N4O/c1-9-10(7-15(4)14-9)11(17)16-6-5-13-12(2,3)8-16/h7,13H,5-6,8H2,1-4H3. The number of amides is 1. The molecule has 5 heteroatoms. The molecule has 1 saturated heterocycles. The fraction of sp³-hybridized carbons (Fsp3) is 0.667. The molecule has 0 atom stereocenters. The Morgan fingerprint density at radius 3 is 2.76 bits per heavy atom. The van der Waals surface area contributed by atoms with Gasteiger partial charge in [-0.15, -0.1) is 0 Å². The van der Waals surface area contributed by atoms with Crippen LogP contribution in [0, 0.1) is 6.92 Å². The fourth-order valence-corrected chi connectivity index (χ4v) is 2.29. The first-order valence-electron chi connectivity index (χ1n) is 5.93. The first-order valence-corrected chi connectivity index (χ1v) is 5.93. The number of nitrogens with zero attached hydrogens (tertiary/aromatic N) is 3. The van der Waals surface area contributed by atoms with Crippen molar-refractivity contribution in [3.63, 3.8) is 0 Å². The Morgan fingerprint density at radius 2 is 2.24 bits per heavy atom. The molecule has 1 aromatic rings. The molecule has 1 aliphatic rings. The van der Waals surface area contributed by atoms with E-state index >= 15 is 0 Å². The van der Waals surface area contributed by atoms with Crippen LogP contribution in [-0.2, 0) is 7.05 Å². The topological polar surface area (TPSA) is 50.2 Å². The van der Waals surface area contributed by atoms with Gasteiger partial charge in [-0.2, -0.15) is 5.10 Å². The van der Waals surface area contributed by atoms with Crippen molar-refractivity contribution >= 4 is 5.91 Å². The van der Waals surface area contributed by atoms with Gasteiger partial charge in [0.05, 0.1) is 11.3 Å². The molecule has 5 nitrogen and oxygen atoms in total. The third-order valence-electron chi connectivity index (χ3n) is 3.10. The summed E-state index contributed by atoms with van der Waals surface area (Å²) >= 11 is 0. The Kier molecular flexibility index (Phi) is 2.95. The van der Waals surface area contributed by atoms with Gasteiger partial charge in [0.15, 0.2) is 0 Å². The maximum absolute atomic E-state index is 12.4. The van der Waals surface area contributed by atoms with Gasteiger partial charge in [0.25, 0.3) is 5.91 Å². The molecule has 1 aliphatic heterocycles. The molecule has 17 heavy (non-hydrogen) atoms. The minimum absolute atomic E-state index is 0.00990. The largest absolute Gasteiger partial charge is 0.335 e. The van der Waals surface area contributed by atoms with Crippen molar-refractivity contribution in [3.05, 3.63) is 17.5 Å². The molecule has 1 N–H and O–H groups in total. The van der Waals surface area contributed by atoms with Crippen LogP contribution in [0.1, 0.15) is 29.9 Å². The molecule has 0 radical (unpaired) electrons. The van der Waals surface area contributed by atoms with E-state index in [0.717, 1.165) is 25.3 Å². The number of hydrogen-bond acceptors (Lipinski definition) is 3. The smallest absolute Gasteiger partial charge is 0.257 e. The van der Waals surface area contributed by atoms with Gasteiger partial charge in [0, 0.05) is 38.4 Å². The van der Waals surface area contributed by atoms with Crippen molar-refractivity contribution in [1.29, 1.82) is 0 Å². The first kappa shape index (κ1) is 12.1. The number of carbonyl (C=O) groups excluding carboxylic acids is 1. The Labute approximate surface area is 102 Å². The zero-order valence-corrected chi connectivity index (χ0v) is 10.9. The molecular formula is C12H20N4O. The number of aromatic nitrogens is 2. The van der Waals surface area contributed by atoms with Crippen LogP contribution in [0.25, 0.3) is 0 Å². The second kappa shape index (κ2) is 4.14. The molecule has 1 amide bonds. The van der Waals surface area contributed by atoms with Crippen LogP contribution in [0.15, 0.2) is 6.20 Å². The molecule has 0 bridgehead atoms. The van der Waals surface area contributed by atoms with Crippen molar-refractivity contribution in [2.45, 2.75) is 26.3 Å². The van der Waals surface area contributed by atoms with E-state index in [0.29, 0.717) is 5.56 Å². The number of nitrogens with one attached hydrogen (secondary N) is 1. The van der Waals surface area contributed by atoms with E-state index < -0.39 is 0 Å². The normalized spacial score (nSPS) is 19.4. The monoisotopic (exact) mass is 236 g/mol. The summed E-state index contributed by atoms with van der Waals surface area (Å²) in [6.45, 7) is 8.44. The lowest BCUT2D eigenvalue weighted by Gasteiger charge is -2.39. The summed E-state index contributed by atoms with van der Waals surface area (Å²) in [5.74, 6) is 0.0881. The molecule has 2 heterocycles. The van der Waals surface area contributed by atoms with Gasteiger partial charge < -0.3 is 10.2 Å². The predicted octanol–water partition coefficient (Wildman–Crippen LogP) is 0.553. The first-order chi connectivity index (χ1) is 7.89. The van der Waals surface area contributed by atoms with Crippen LogP contribution < -0.4 is 5.32 Å². The number of hydrogen-bond donors (Lipinski definition) is 1. The third-order valence-corrected chi connectivity index (χ3v) is 3.10. The Hall–Kier alpha value is -1.36. The molecule has 0 aromatic carbocycles. The summed E-state index contributed by atoms with van der Waals surface area (Å²) in [5.41, 5.74) is 1.50.